The second-order valence-electron chi connectivity index (χ2n) is 3.96. The van der Waals surface area contributed by atoms with Crippen LogP contribution in [0.4, 0.5) is 11.5 Å². The first-order chi connectivity index (χ1) is 8.69. The molecule has 3 N–H and O–H groups in total. The lowest BCUT2D eigenvalue weighted by Crippen LogP contribution is -2.28. The van der Waals surface area contributed by atoms with E-state index in [2.05, 4.69) is 15.2 Å². The Labute approximate surface area is 107 Å². The quantitative estimate of drug-likeness (QED) is 0.732. The van der Waals surface area contributed by atoms with E-state index >= 15 is 0 Å². The summed E-state index contributed by atoms with van der Waals surface area (Å²) < 4.78 is 5.00. The smallest absolute Gasteiger partial charge is 0.150 e. The molecule has 1 aromatic heterocycles. The van der Waals surface area contributed by atoms with Crippen LogP contribution in [0.15, 0.2) is 12.3 Å². The largest absolute Gasteiger partial charge is 0.395 e. The Morgan fingerprint density at radius 2 is 2.33 bits per heavy atom. The Balaban J connectivity index is 2.42. The number of aromatic nitrogens is 1. The third-order valence-corrected chi connectivity index (χ3v) is 2.57. The molecule has 0 unspecified atom stereocenters. The molecule has 0 radical (unpaired) electrons. The molecule has 1 rings (SSSR count). The number of pyridine rings is 1. The van der Waals surface area contributed by atoms with Gasteiger partial charge in [-0.15, -0.1) is 0 Å². The zero-order valence-corrected chi connectivity index (χ0v) is 10.8. The maximum atomic E-state index is 8.85. The highest BCUT2D eigenvalue weighted by molar-refractivity contribution is 5.68. The fraction of sp³-hybridized carbons (Fsp3) is 0.500. The minimum atomic E-state index is 0.402. The van der Waals surface area contributed by atoms with Crippen LogP contribution in [-0.2, 0) is 4.74 Å². The summed E-state index contributed by atoms with van der Waals surface area (Å²) in [6, 6.07) is 3.63. The molecule has 0 aromatic carbocycles. The van der Waals surface area contributed by atoms with Crippen molar-refractivity contribution in [2.24, 2.45) is 0 Å². The van der Waals surface area contributed by atoms with E-state index in [1.807, 2.05) is 13.1 Å². The molecule has 6 heteroatoms. The molecule has 1 heterocycles. The van der Waals surface area contributed by atoms with Gasteiger partial charge >= 0.3 is 0 Å². The van der Waals surface area contributed by atoms with E-state index in [-0.39, 0.29) is 0 Å². The Kier molecular flexibility index (Phi) is 5.91. The van der Waals surface area contributed by atoms with Gasteiger partial charge in [0.15, 0.2) is 5.82 Å². The van der Waals surface area contributed by atoms with Crippen LogP contribution in [-0.4, -0.2) is 50.3 Å². The predicted octanol–water partition coefficient (Wildman–Crippen LogP) is 0.526. The number of methoxy groups -OCH3 is 1. The van der Waals surface area contributed by atoms with Crippen LogP contribution in [0, 0.1) is 11.3 Å². The first-order valence-electron chi connectivity index (χ1n) is 5.75. The molecule has 0 atom stereocenters. The molecule has 0 aliphatic rings. The SMILES string of the molecule is COCCN(C)CCNc1nccc(C#N)c1N. The van der Waals surface area contributed by atoms with Crippen LogP contribution in [0.2, 0.25) is 0 Å². The minimum Gasteiger partial charge on any atom is -0.395 e. The van der Waals surface area contributed by atoms with Crippen molar-refractivity contribution in [3.05, 3.63) is 17.8 Å². The second-order valence-corrected chi connectivity index (χ2v) is 3.96. The molecule has 0 aliphatic carbocycles. The average Bonchev–Trinajstić information content (AvgIpc) is 2.38. The molecule has 0 amide bonds. The van der Waals surface area contributed by atoms with Crippen LogP contribution in [0.25, 0.3) is 0 Å². The van der Waals surface area contributed by atoms with Crippen molar-refractivity contribution in [1.82, 2.24) is 9.88 Å². The standard InChI is InChI=1S/C12H19N5O/c1-17(7-8-18-2)6-5-16-12-11(14)10(9-13)3-4-15-12/h3-4H,5-8,14H2,1-2H3,(H,15,16). The van der Waals surface area contributed by atoms with Crippen LogP contribution in [0.3, 0.4) is 0 Å². The molecule has 0 bridgehead atoms. The van der Waals surface area contributed by atoms with Crippen LogP contribution in [0.1, 0.15) is 5.56 Å². The fourth-order valence-electron chi connectivity index (χ4n) is 1.44. The number of nitrogens with zero attached hydrogens (tertiary/aromatic N) is 3. The second kappa shape index (κ2) is 7.48. The highest BCUT2D eigenvalue weighted by Gasteiger charge is 2.05. The summed E-state index contributed by atoms with van der Waals surface area (Å²) in [7, 11) is 3.70. The highest BCUT2D eigenvalue weighted by Crippen LogP contribution is 2.18. The molecule has 0 aliphatic heterocycles. The average molecular weight is 249 g/mol. The maximum Gasteiger partial charge on any atom is 0.150 e. The third kappa shape index (κ3) is 4.20. The molecular formula is C12H19N5O. The summed E-state index contributed by atoms with van der Waals surface area (Å²) in [5.74, 6) is 0.564. The number of nitrogens with one attached hydrogen (secondary N) is 1. The number of likely N-dealkylation sites (N-methyl/N-ethyl adjacent to an activating group) is 1. The van der Waals surface area contributed by atoms with Gasteiger partial charge in [0, 0.05) is 32.9 Å². The first kappa shape index (κ1) is 14.2. The molecule has 0 spiro atoms. The number of ether oxygens (including phenoxy) is 1. The van der Waals surface area contributed by atoms with Gasteiger partial charge in [0.25, 0.3) is 0 Å². The van der Waals surface area contributed by atoms with E-state index in [1.54, 1.807) is 19.4 Å². The van der Waals surface area contributed by atoms with E-state index < -0.39 is 0 Å². The number of nitrogen functional groups attached to an aromatic ring is 1. The van der Waals surface area contributed by atoms with Crippen molar-refractivity contribution in [2.75, 3.05) is 51.4 Å². The lowest BCUT2D eigenvalue weighted by molar-refractivity contribution is 0.163. The zero-order valence-electron chi connectivity index (χ0n) is 10.8. The normalized spacial score (nSPS) is 10.3. The zero-order chi connectivity index (χ0) is 13.4. The first-order valence-corrected chi connectivity index (χ1v) is 5.75. The van der Waals surface area contributed by atoms with Gasteiger partial charge in [-0.25, -0.2) is 4.98 Å². The van der Waals surface area contributed by atoms with Crippen molar-refractivity contribution in [3.63, 3.8) is 0 Å². The van der Waals surface area contributed by atoms with Gasteiger partial charge in [0.05, 0.1) is 17.9 Å². The van der Waals surface area contributed by atoms with E-state index in [4.69, 9.17) is 15.7 Å². The lowest BCUT2D eigenvalue weighted by Gasteiger charge is -2.16. The molecule has 0 saturated heterocycles. The summed E-state index contributed by atoms with van der Waals surface area (Å²) in [5.41, 5.74) is 6.66. The van der Waals surface area contributed by atoms with Crippen molar-refractivity contribution in [2.45, 2.75) is 0 Å². The Morgan fingerprint density at radius 1 is 1.56 bits per heavy atom. The molecule has 98 valence electrons. The monoisotopic (exact) mass is 249 g/mol. The van der Waals surface area contributed by atoms with Crippen LogP contribution < -0.4 is 11.1 Å². The van der Waals surface area contributed by atoms with Gasteiger partial charge in [-0.2, -0.15) is 5.26 Å². The van der Waals surface area contributed by atoms with E-state index in [0.717, 1.165) is 13.1 Å². The Morgan fingerprint density at radius 3 is 3.00 bits per heavy atom. The number of hydrogen-bond donors (Lipinski definition) is 2. The summed E-state index contributed by atoms with van der Waals surface area (Å²) in [6.07, 6.45) is 1.58. The summed E-state index contributed by atoms with van der Waals surface area (Å²) >= 11 is 0. The Bertz CT molecular complexity index is 415. The third-order valence-electron chi connectivity index (χ3n) is 2.57. The van der Waals surface area contributed by atoms with Gasteiger partial charge < -0.3 is 20.7 Å². The molecule has 0 fully saturated rings. The number of hydrogen-bond acceptors (Lipinski definition) is 6. The van der Waals surface area contributed by atoms with Crippen LogP contribution in [0.5, 0.6) is 0 Å². The van der Waals surface area contributed by atoms with E-state index in [9.17, 15) is 0 Å². The van der Waals surface area contributed by atoms with Crippen LogP contribution >= 0.6 is 0 Å². The number of nitrogens with two attached hydrogens (primary N) is 1. The van der Waals surface area contributed by atoms with E-state index in [0.29, 0.717) is 30.2 Å². The van der Waals surface area contributed by atoms with Gasteiger partial charge in [-0.3, -0.25) is 0 Å². The molecule has 18 heavy (non-hydrogen) atoms. The summed E-state index contributed by atoms with van der Waals surface area (Å²) in [5, 5.41) is 12.0. The molecular weight excluding hydrogens is 230 g/mol. The number of anilines is 2. The van der Waals surface area contributed by atoms with Gasteiger partial charge in [-0.1, -0.05) is 0 Å². The molecule has 6 nitrogen and oxygen atoms in total. The highest BCUT2D eigenvalue weighted by atomic mass is 16.5. The summed E-state index contributed by atoms with van der Waals surface area (Å²) in [6.45, 7) is 3.15. The fourth-order valence-corrected chi connectivity index (χ4v) is 1.44. The van der Waals surface area contributed by atoms with E-state index in [1.165, 1.54) is 0 Å². The van der Waals surface area contributed by atoms with Gasteiger partial charge in [0.1, 0.15) is 6.07 Å². The molecule has 1 aromatic rings. The topological polar surface area (TPSA) is 87.2 Å². The van der Waals surface area contributed by atoms with Crippen molar-refractivity contribution >= 4 is 11.5 Å². The Hall–Kier alpha value is -1.84. The number of nitriles is 1. The molecule has 0 saturated carbocycles. The predicted molar refractivity (Wildman–Crippen MR) is 71.2 cm³/mol. The van der Waals surface area contributed by atoms with Gasteiger partial charge in [-0.05, 0) is 13.1 Å². The minimum absolute atomic E-state index is 0.402. The van der Waals surface area contributed by atoms with Crippen molar-refractivity contribution in [3.8, 4) is 6.07 Å². The lowest BCUT2D eigenvalue weighted by atomic mass is 10.2. The van der Waals surface area contributed by atoms with Crippen molar-refractivity contribution in [1.29, 1.82) is 5.26 Å². The van der Waals surface area contributed by atoms with Gasteiger partial charge in [0.2, 0.25) is 0 Å². The van der Waals surface area contributed by atoms with Crippen molar-refractivity contribution < 1.29 is 4.74 Å². The summed E-state index contributed by atoms with van der Waals surface area (Å²) in [4.78, 5) is 6.26. The number of rotatable bonds is 7. The maximum absolute atomic E-state index is 8.85.